The molecule has 128 valence electrons. The van der Waals surface area contributed by atoms with E-state index in [-0.39, 0.29) is 11.8 Å². The van der Waals surface area contributed by atoms with Gasteiger partial charge in [0.1, 0.15) is 5.69 Å². The number of carbonyl (C=O) groups is 2. The standard InChI is InChI=1S/C16H27N5O2/c1-16(2,3)15(23)19-9-8-18-14(22)13-6-10-21(20-13)12-5-4-7-17-11-12/h6,10,12,17H,4-5,7-9,11H2,1-3H3,(H,18,22)(H,19,23). The molecule has 2 heterocycles. The zero-order chi connectivity index (χ0) is 16.9. The number of hydrogen-bond acceptors (Lipinski definition) is 4. The predicted octanol–water partition coefficient (Wildman–Crippen LogP) is 0.700. The topological polar surface area (TPSA) is 88.0 Å². The van der Waals surface area contributed by atoms with Crippen molar-refractivity contribution < 1.29 is 9.59 Å². The van der Waals surface area contributed by atoms with Crippen molar-refractivity contribution >= 4 is 11.8 Å². The second-order valence-corrected chi connectivity index (χ2v) is 6.94. The van der Waals surface area contributed by atoms with Gasteiger partial charge in [-0.25, -0.2) is 0 Å². The number of carbonyl (C=O) groups excluding carboxylic acids is 2. The van der Waals surface area contributed by atoms with E-state index in [9.17, 15) is 9.59 Å². The smallest absolute Gasteiger partial charge is 0.271 e. The van der Waals surface area contributed by atoms with Crippen molar-refractivity contribution in [2.45, 2.75) is 39.7 Å². The number of piperidine rings is 1. The highest BCUT2D eigenvalue weighted by Gasteiger charge is 2.20. The van der Waals surface area contributed by atoms with Crippen LogP contribution in [0.2, 0.25) is 0 Å². The molecule has 2 rings (SSSR count). The molecule has 7 heteroatoms. The third kappa shape index (κ3) is 5.06. The Hall–Kier alpha value is -1.89. The molecule has 1 aromatic heterocycles. The van der Waals surface area contributed by atoms with E-state index in [4.69, 9.17) is 0 Å². The highest BCUT2D eigenvalue weighted by Crippen LogP contribution is 2.15. The fourth-order valence-electron chi connectivity index (χ4n) is 2.43. The molecule has 2 amide bonds. The Bertz CT molecular complexity index is 541. The molecule has 1 aromatic rings. The molecule has 1 aliphatic heterocycles. The molecule has 23 heavy (non-hydrogen) atoms. The summed E-state index contributed by atoms with van der Waals surface area (Å²) in [6, 6.07) is 2.05. The lowest BCUT2D eigenvalue weighted by molar-refractivity contribution is -0.128. The lowest BCUT2D eigenvalue weighted by atomic mass is 9.96. The molecule has 0 aliphatic carbocycles. The summed E-state index contributed by atoms with van der Waals surface area (Å²) in [4.78, 5) is 23.8. The minimum atomic E-state index is -0.420. The van der Waals surface area contributed by atoms with Crippen LogP contribution in [0, 0.1) is 5.41 Å². The van der Waals surface area contributed by atoms with Gasteiger partial charge in [-0.2, -0.15) is 5.10 Å². The number of aromatic nitrogens is 2. The summed E-state index contributed by atoms with van der Waals surface area (Å²) in [5, 5.41) is 13.3. The normalized spacial score (nSPS) is 18.5. The summed E-state index contributed by atoms with van der Waals surface area (Å²) in [5.74, 6) is -0.238. The van der Waals surface area contributed by atoms with Gasteiger partial charge in [0, 0.05) is 31.2 Å². The average molecular weight is 321 g/mol. The molecular formula is C16H27N5O2. The minimum absolute atomic E-state index is 0.0270. The number of nitrogens with one attached hydrogen (secondary N) is 3. The lowest BCUT2D eigenvalue weighted by Gasteiger charge is -2.22. The Morgan fingerprint density at radius 3 is 2.74 bits per heavy atom. The van der Waals surface area contributed by atoms with Gasteiger partial charge in [0.2, 0.25) is 5.91 Å². The second-order valence-electron chi connectivity index (χ2n) is 6.94. The molecular weight excluding hydrogens is 294 g/mol. The van der Waals surface area contributed by atoms with Crippen LogP contribution in [0.25, 0.3) is 0 Å². The minimum Gasteiger partial charge on any atom is -0.354 e. The quantitative estimate of drug-likeness (QED) is 0.697. The van der Waals surface area contributed by atoms with Crippen LogP contribution in [-0.4, -0.2) is 47.8 Å². The van der Waals surface area contributed by atoms with E-state index in [2.05, 4.69) is 21.0 Å². The molecule has 1 atom stereocenters. The maximum Gasteiger partial charge on any atom is 0.271 e. The van der Waals surface area contributed by atoms with Gasteiger partial charge in [-0.1, -0.05) is 20.8 Å². The summed E-state index contributed by atoms with van der Waals surface area (Å²) in [7, 11) is 0. The van der Waals surface area contributed by atoms with Gasteiger partial charge in [0.05, 0.1) is 6.04 Å². The first-order chi connectivity index (χ1) is 10.9. The van der Waals surface area contributed by atoms with Crippen LogP contribution in [0.15, 0.2) is 12.3 Å². The van der Waals surface area contributed by atoms with Crippen molar-refractivity contribution in [3.8, 4) is 0 Å². The molecule has 3 N–H and O–H groups in total. The molecule has 1 unspecified atom stereocenters. The molecule has 1 aliphatic rings. The molecule has 0 aromatic carbocycles. The zero-order valence-electron chi connectivity index (χ0n) is 14.2. The van der Waals surface area contributed by atoms with Crippen molar-refractivity contribution in [1.29, 1.82) is 0 Å². The maximum atomic E-state index is 12.1. The van der Waals surface area contributed by atoms with E-state index in [1.165, 1.54) is 0 Å². The van der Waals surface area contributed by atoms with Crippen LogP contribution in [-0.2, 0) is 4.79 Å². The molecule has 7 nitrogen and oxygen atoms in total. The third-order valence-corrected chi connectivity index (χ3v) is 3.86. The number of amides is 2. The summed E-state index contributed by atoms with van der Waals surface area (Å²) < 4.78 is 1.86. The van der Waals surface area contributed by atoms with Crippen LogP contribution in [0.5, 0.6) is 0 Å². The molecule has 0 spiro atoms. The van der Waals surface area contributed by atoms with Crippen LogP contribution >= 0.6 is 0 Å². The zero-order valence-corrected chi connectivity index (χ0v) is 14.2. The second kappa shape index (κ2) is 7.59. The van der Waals surface area contributed by atoms with Gasteiger partial charge in [-0.3, -0.25) is 14.3 Å². The summed E-state index contributed by atoms with van der Waals surface area (Å²) >= 11 is 0. The van der Waals surface area contributed by atoms with Gasteiger partial charge in [-0.05, 0) is 25.5 Å². The fraction of sp³-hybridized carbons (Fsp3) is 0.688. The van der Waals surface area contributed by atoms with Crippen molar-refractivity contribution in [3.05, 3.63) is 18.0 Å². The fourth-order valence-corrected chi connectivity index (χ4v) is 2.43. The molecule has 0 bridgehead atoms. The van der Waals surface area contributed by atoms with Gasteiger partial charge in [-0.15, -0.1) is 0 Å². The summed E-state index contributed by atoms with van der Waals surface area (Å²) in [6.07, 6.45) is 4.06. The number of nitrogens with zero attached hydrogens (tertiary/aromatic N) is 2. The average Bonchev–Trinajstić information content (AvgIpc) is 3.01. The van der Waals surface area contributed by atoms with Crippen molar-refractivity contribution in [2.24, 2.45) is 5.41 Å². The monoisotopic (exact) mass is 321 g/mol. The van der Waals surface area contributed by atoms with E-state index in [1.807, 2.05) is 31.6 Å². The Morgan fingerprint density at radius 2 is 2.09 bits per heavy atom. The van der Waals surface area contributed by atoms with E-state index >= 15 is 0 Å². The molecule has 1 fully saturated rings. The van der Waals surface area contributed by atoms with Crippen molar-refractivity contribution in [2.75, 3.05) is 26.2 Å². The summed E-state index contributed by atoms with van der Waals surface area (Å²) in [5.41, 5.74) is -0.00527. The van der Waals surface area contributed by atoms with Gasteiger partial charge in [0.25, 0.3) is 5.91 Å². The number of rotatable bonds is 5. The van der Waals surface area contributed by atoms with Crippen molar-refractivity contribution in [1.82, 2.24) is 25.7 Å². The van der Waals surface area contributed by atoms with E-state index < -0.39 is 5.41 Å². The lowest BCUT2D eigenvalue weighted by Crippen LogP contribution is -2.40. The van der Waals surface area contributed by atoms with Crippen LogP contribution < -0.4 is 16.0 Å². The first-order valence-corrected chi connectivity index (χ1v) is 8.20. The van der Waals surface area contributed by atoms with Crippen LogP contribution in [0.1, 0.15) is 50.1 Å². The molecule has 0 saturated carbocycles. The number of hydrogen-bond donors (Lipinski definition) is 3. The van der Waals surface area contributed by atoms with Gasteiger partial charge < -0.3 is 16.0 Å². The first kappa shape index (κ1) is 17.5. The maximum absolute atomic E-state index is 12.1. The van der Waals surface area contributed by atoms with Gasteiger partial charge >= 0.3 is 0 Å². The SMILES string of the molecule is CC(C)(C)C(=O)NCCNC(=O)c1ccn(C2CCCNC2)n1. The van der Waals surface area contributed by atoms with E-state index in [0.29, 0.717) is 24.8 Å². The largest absolute Gasteiger partial charge is 0.354 e. The van der Waals surface area contributed by atoms with Gasteiger partial charge in [0.15, 0.2) is 0 Å². The van der Waals surface area contributed by atoms with Crippen LogP contribution in [0.3, 0.4) is 0 Å². The first-order valence-electron chi connectivity index (χ1n) is 8.20. The van der Waals surface area contributed by atoms with Crippen LogP contribution in [0.4, 0.5) is 0 Å². The Kier molecular flexibility index (Phi) is 5.76. The predicted molar refractivity (Wildman–Crippen MR) is 88.2 cm³/mol. The highest BCUT2D eigenvalue weighted by molar-refractivity contribution is 5.92. The molecule has 1 saturated heterocycles. The highest BCUT2D eigenvalue weighted by atomic mass is 16.2. The van der Waals surface area contributed by atoms with E-state index in [0.717, 1.165) is 25.9 Å². The Balaban J connectivity index is 1.76. The van der Waals surface area contributed by atoms with E-state index in [1.54, 1.807) is 6.07 Å². The summed E-state index contributed by atoms with van der Waals surface area (Å²) in [6.45, 7) is 8.30. The Labute approximate surface area is 137 Å². The third-order valence-electron chi connectivity index (χ3n) is 3.86. The Morgan fingerprint density at radius 1 is 1.35 bits per heavy atom. The molecule has 0 radical (unpaired) electrons. The van der Waals surface area contributed by atoms with Crippen molar-refractivity contribution in [3.63, 3.8) is 0 Å².